The van der Waals surface area contributed by atoms with Crippen LogP contribution in [0, 0.1) is 0 Å². The summed E-state index contributed by atoms with van der Waals surface area (Å²) in [7, 11) is 0. The zero-order chi connectivity index (χ0) is 12.7. The normalized spacial score (nSPS) is 19.3. The van der Waals surface area contributed by atoms with Crippen LogP contribution in [0.2, 0.25) is 0 Å². The quantitative estimate of drug-likeness (QED) is 0.565. The van der Waals surface area contributed by atoms with Gasteiger partial charge in [0.05, 0.1) is 19.1 Å². The molecule has 1 heterocycles. The molecule has 18 heavy (non-hydrogen) atoms. The third kappa shape index (κ3) is 5.16. The van der Waals surface area contributed by atoms with Gasteiger partial charge >= 0.3 is 0 Å². The number of hydrogen-bond acceptors (Lipinski definition) is 4. The number of amides is 2. The maximum atomic E-state index is 12.2. The van der Waals surface area contributed by atoms with Gasteiger partial charge in [-0.05, 0) is 0 Å². The lowest BCUT2D eigenvalue weighted by atomic mass is 10.1. The maximum Gasteiger partial charge on any atom is 0.240 e. The second-order valence-electron chi connectivity index (χ2n) is 3.80. The Labute approximate surface area is 111 Å². The van der Waals surface area contributed by atoms with Gasteiger partial charge in [-0.25, -0.2) is 4.39 Å². The van der Waals surface area contributed by atoms with Gasteiger partial charge in [-0.2, -0.15) is 0 Å². The van der Waals surface area contributed by atoms with E-state index >= 15 is 0 Å². The highest BCUT2D eigenvalue weighted by Crippen LogP contribution is 2.05. The monoisotopic (exact) mass is 283 g/mol. The largest absolute Gasteiger partial charge is 0.395 e. The predicted octanol–water partition coefficient (Wildman–Crippen LogP) is -1.32. The van der Waals surface area contributed by atoms with Crippen LogP contribution in [0.5, 0.6) is 0 Å². The number of aliphatic hydroxyl groups is 1. The van der Waals surface area contributed by atoms with E-state index in [9.17, 15) is 14.0 Å². The van der Waals surface area contributed by atoms with E-state index < -0.39 is 12.7 Å². The van der Waals surface area contributed by atoms with Crippen LogP contribution >= 0.6 is 12.4 Å². The van der Waals surface area contributed by atoms with Gasteiger partial charge in [0.25, 0.3) is 0 Å². The molecule has 0 aromatic rings. The highest BCUT2D eigenvalue weighted by Gasteiger charge is 2.29. The van der Waals surface area contributed by atoms with E-state index in [-0.39, 0.29) is 50.3 Å². The van der Waals surface area contributed by atoms with E-state index in [1.165, 1.54) is 4.90 Å². The molecule has 0 aromatic heterocycles. The fraction of sp³-hybridized carbons (Fsp3) is 0.800. The van der Waals surface area contributed by atoms with E-state index in [2.05, 4.69) is 10.6 Å². The fourth-order valence-electron chi connectivity index (χ4n) is 1.73. The first kappa shape index (κ1) is 17.1. The molecule has 1 aliphatic heterocycles. The summed E-state index contributed by atoms with van der Waals surface area (Å²) in [4.78, 5) is 24.6. The summed E-state index contributed by atoms with van der Waals surface area (Å²) in [6, 6.07) is -0.589. The standard InChI is InChI=1S/C10H18FN3O3.ClH/c11-1-4-14-5-2-12-8(10(14)17)7-9(16)13-3-6-15;/h8,12,15H,1-7H2,(H,13,16);1H. The van der Waals surface area contributed by atoms with Crippen molar-refractivity contribution in [3.63, 3.8) is 0 Å². The summed E-state index contributed by atoms with van der Waals surface area (Å²) in [6.07, 6.45) is 0.0155. The van der Waals surface area contributed by atoms with Crippen molar-refractivity contribution in [3.05, 3.63) is 0 Å². The number of rotatable bonds is 6. The molecular formula is C10H19ClFN3O3. The third-order valence-electron chi connectivity index (χ3n) is 2.56. The summed E-state index contributed by atoms with van der Waals surface area (Å²) in [6.45, 7) is 0.575. The molecule has 1 unspecified atom stereocenters. The minimum atomic E-state index is -0.589. The summed E-state index contributed by atoms with van der Waals surface area (Å²) in [5.41, 5.74) is 0. The molecule has 1 fully saturated rings. The molecule has 1 atom stereocenters. The number of hydrogen-bond donors (Lipinski definition) is 3. The molecule has 3 N–H and O–H groups in total. The molecule has 0 aromatic carbocycles. The van der Waals surface area contributed by atoms with Gasteiger partial charge in [0.15, 0.2) is 0 Å². The average Bonchev–Trinajstić information content (AvgIpc) is 2.32. The molecule has 106 valence electrons. The number of carbonyl (C=O) groups is 2. The Kier molecular flexibility index (Phi) is 8.61. The van der Waals surface area contributed by atoms with Crippen molar-refractivity contribution in [2.45, 2.75) is 12.5 Å². The van der Waals surface area contributed by atoms with Crippen molar-refractivity contribution in [2.24, 2.45) is 0 Å². The van der Waals surface area contributed by atoms with Gasteiger partial charge in [0.1, 0.15) is 6.67 Å². The Morgan fingerprint density at radius 1 is 1.61 bits per heavy atom. The Hall–Kier alpha value is -0.920. The van der Waals surface area contributed by atoms with Gasteiger partial charge in [-0.15, -0.1) is 12.4 Å². The number of carbonyl (C=O) groups excluding carboxylic acids is 2. The van der Waals surface area contributed by atoms with Crippen LogP contribution in [0.25, 0.3) is 0 Å². The first-order valence-corrected chi connectivity index (χ1v) is 5.64. The summed E-state index contributed by atoms with van der Waals surface area (Å²) < 4.78 is 12.2. The van der Waals surface area contributed by atoms with Crippen molar-refractivity contribution in [3.8, 4) is 0 Å². The molecule has 1 rings (SSSR count). The molecule has 2 amide bonds. The molecule has 1 aliphatic rings. The molecule has 6 nitrogen and oxygen atoms in total. The Morgan fingerprint density at radius 3 is 2.94 bits per heavy atom. The lowest BCUT2D eigenvalue weighted by Crippen LogP contribution is -2.56. The highest BCUT2D eigenvalue weighted by molar-refractivity contribution is 5.88. The van der Waals surface area contributed by atoms with E-state index in [0.717, 1.165) is 0 Å². The Bertz CT molecular complexity index is 279. The summed E-state index contributed by atoms with van der Waals surface area (Å²) >= 11 is 0. The van der Waals surface area contributed by atoms with Crippen LogP contribution in [0.1, 0.15) is 6.42 Å². The zero-order valence-electron chi connectivity index (χ0n) is 10.0. The average molecular weight is 284 g/mol. The minimum absolute atomic E-state index is 0. The zero-order valence-corrected chi connectivity index (χ0v) is 10.8. The highest BCUT2D eigenvalue weighted by atomic mass is 35.5. The van der Waals surface area contributed by atoms with Crippen LogP contribution < -0.4 is 10.6 Å². The van der Waals surface area contributed by atoms with Crippen molar-refractivity contribution < 1.29 is 19.1 Å². The number of nitrogens with zero attached hydrogens (tertiary/aromatic N) is 1. The molecule has 8 heteroatoms. The van der Waals surface area contributed by atoms with Crippen LogP contribution in [0.4, 0.5) is 4.39 Å². The molecule has 0 bridgehead atoms. The van der Waals surface area contributed by atoms with Gasteiger partial charge in [-0.1, -0.05) is 0 Å². The van der Waals surface area contributed by atoms with Crippen molar-refractivity contribution in [2.75, 3.05) is 39.5 Å². The van der Waals surface area contributed by atoms with E-state index in [1.807, 2.05) is 0 Å². The molecule has 0 spiro atoms. The first-order chi connectivity index (χ1) is 8.19. The number of aliphatic hydroxyl groups excluding tert-OH is 1. The third-order valence-corrected chi connectivity index (χ3v) is 2.56. The van der Waals surface area contributed by atoms with Crippen molar-refractivity contribution in [1.82, 2.24) is 15.5 Å². The number of alkyl halides is 1. The van der Waals surface area contributed by atoms with E-state index in [4.69, 9.17) is 5.11 Å². The van der Waals surface area contributed by atoms with Gasteiger partial charge in [0.2, 0.25) is 11.8 Å². The van der Waals surface area contributed by atoms with Crippen molar-refractivity contribution >= 4 is 24.2 Å². The van der Waals surface area contributed by atoms with E-state index in [0.29, 0.717) is 13.1 Å². The lowest BCUT2D eigenvalue weighted by Gasteiger charge is -2.32. The second kappa shape index (κ2) is 9.07. The molecule has 0 radical (unpaired) electrons. The Morgan fingerprint density at radius 2 is 2.33 bits per heavy atom. The minimum Gasteiger partial charge on any atom is -0.395 e. The van der Waals surface area contributed by atoms with Gasteiger partial charge in [-0.3, -0.25) is 9.59 Å². The SMILES string of the molecule is Cl.O=C(CC1NCCN(CCF)C1=O)NCCO. The predicted molar refractivity (Wildman–Crippen MR) is 66.3 cm³/mol. The van der Waals surface area contributed by atoms with Crippen molar-refractivity contribution in [1.29, 1.82) is 0 Å². The smallest absolute Gasteiger partial charge is 0.240 e. The number of nitrogens with one attached hydrogen (secondary N) is 2. The topological polar surface area (TPSA) is 81.7 Å². The first-order valence-electron chi connectivity index (χ1n) is 5.64. The Balaban J connectivity index is 0.00000289. The molecule has 0 aliphatic carbocycles. The maximum absolute atomic E-state index is 12.2. The van der Waals surface area contributed by atoms with E-state index in [1.54, 1.807) is 0 Å². The van der Waals surface area contributed by atoms with Crippen LogP contribution in [-0.4, -0.2) is 67.3 Å². The molecule has 0 saturated carbocycles. The van der Waals surface area contributed by atoms with Crippen LogP contribution in [0.15, 0.2) is 0 Å². The van der Waals surface area contributed by atoms with Crippen LogP contribution in [0.3, 0.4) is 0 Å². The van der Waals surface area contributed by atoms with Gasteiger partial charge in [0, 0.05) is 26.2 Å². The fourth-order valence-corrected chi connectivity index (χ4v) is 1.73. The molecule has 1 saturated heterocycles. The second-order valence-corrected chi connectivity index (χ2v) is 3.80. The molecular weight excluding hydrogens is 265 g/mol. The number of piperazine rings is 1. The summed E-state index contributed by atoms with van der Waals surface area (Å²) in [5.74, 6) is -0.542. The van der Waals surface area contributed by atoms with Gasteiger partial charge < -0.3 is 20.6 Å². The number of halogens is 2. The lowest BCUT2D eigenvalue weighted by molar-refractivity contribution is -0.138. The van der Waals surface area contributed by atoms with Crippen LogP contribution in [-0.2, 0) is 9.59 Å². The summed E-state index contributed by atoms with van der Waals surface area (Å²) in [5, 5.41) is 13.9.